The van der Waals surface area contributed by atoms with Gasteiger partial charge >= 0.3 is 0 Å². The average molecular weight is 512 g/mol. The van der Waals surface area contributed by atoms with Crippen LogP contribution >= 0.6 is 24.0 Å². The molecule has 6 nitrogen and oxygen atoms in total. The number of guanidine groups is 1. The summed E-state index contributed by atoms with van der Waals surface area (Å²) in [6.07, 6.45) is 3.82. The Morgan fingerprint density at radius 3 is 2.48 bits per heavy atom. The smallest absolute Gasteiger partial charge is 0.211 e. The van der Waals surface area contributed by atoms with Gasteiger partial charge in [0.2, 0.25) is 10.0 Å². The van der Waals surface area contributed by atoms with Crippen LogP contribution in [-0.4, -0.2) is 58.2 Å². The lowest BCUT2D eigenvalue weighted by Gasteiger charge is -2.20. The first-order valence-corrected chi connectivity index (χ1v) is 10.8. The molecule has 9 heteroatoms. The van der Waals surface area contributed by atoms with E-state index in [1.807, 2.05) is 19.1 Å². The predicted molar refractivity (Wildman–Crippen MR) is 119 cm³/mol. The first-order chi connectivity index (χ1) is 12.3. The van der Waals surface area contributed by atoms with E-state index in [1.54, 1.807) is 13.1 Å². The van der Waals surface area contributed by atoms with Crippen molar-refractivity contribution in [3.05, 3.63) is 35.6 Å². The number of aliphatic imine (C=N–C) groups is 1. The summed E-state index contributed by atoms with van der Waals surface area (Å²) >= 11 is 0. The van der Waals surface area contributed by atoms with Crippen LogP contribution in [0.3, 0.4) is 0 Å². The molecule has 0 heterocycles. The Morgan fingerprint density at radius 2 is 1.96 bits per heavy atom. The second-order valence-electron chi connectivity index (χ2n) is 6.72. The van der Waals surface area contributed by atoms with E-state index >= 15 is 0 Å². The molecule has 154 valence electrons. The second kappa shape index (κ2) is 10.6. The zero-order valence-corrected chi connectivity index (χ0v) is 19.3. The van der Waals surface area contributed by atoms with Crippen LogP contribution in [0.1, 0.15) is 31.7 Å². The van der Waals surface area contributed by atoms with Crippen molar-refractivity contribution in [3.63, 3.8) is 0 Å². The van der Waals surface area contributed by atoms with Crippen molar-refractivity contribution in [1.29, 1.82) is 0 Å². The van der Waals surface area contributed by atoms with E-state index in [-0.39, 0.29) is 35.2 Å². The van der Waals surface area contributed by atoms with E-state index in [0.717, 1.165) is 18.4 Å². The summed E-state index contributed by atoms with van der Waals surface area (Å²) in [5.74, 6) is 0.491. The first kappa shape index (κ1) is 24.1. The molecular formula is C18H30FIN4O2S. The van der Waals surface area contributed by atoms with Gasteiger partial charge < -0.3 is 10.6 Å². The van der Waals surface area contributed by atoms with Crippen LogP contribution < -0.4 is 10.6 Å². The van der Waals surface area contributed by atoms with Gasteiger partial charge in [-0.05, 0) is 30.9 Å². The van der Waals surface area contributed by atoms with Gasteiger partial charge in [0.25, 0.3) is 0 Å². The van der Waals surface area contributed by atoms with Gasteiger partial charge in [0.1, 0.15) is 5.82 Å². The third-order valence-electron chi connectivity index (χ3n) is 4.82. The summed E-state index contributed by atoms with van der Waals surface area (Å²) < 4.78 is 38.6. The highest BCUT2D eigenvalue weighted by atomic mass is 127. The molecule has 0 saturated heterocycles. The number of nitrogens with one attached hydrogen (secondary N) is 2. The minimum atomic E-state index is -3.15. The topological polar surface area (TPSA) is 73.8 Å². The Bertz CT molecular complexity index is 739. The fourth-order valence-electron chi connectivity index (χ4n) is 3.08. The highest BCUT2D eigenvalue weighted by Crippen LogP contribution is 2.48. The van der Waals surface area contributed by atoms with Gasteiger partial charge in [0, 0.05) is 38.6 Å². The minimum absolute atomic E-state index is 0. The lowest BCUT2D eigenvalue weighted by molar-refractivity contribution is 0.424. The summed E-state index contributed by atoms with van der Waals surface area (Å²) in [4.78, 5) is 4.19. The Kier molecular flexibility index (Phi) is 9.43. The zero-order valence-electron chi connectivity index (χ0n) is 16.2. The van der Waals surface area contributed by atoms with Crippen LogP contribution in [0, 0.1) is 5.82 Å². The molecule has 1 aliphatic carbocycles. The Hall–Kier alpha value is -0.940. The molecule has 1 aliphatic rings. The fraction of sp³-hybridized carbons (Fsp3) is 0.611. The third-order valence-corrected chi connectivity index (χ3v) is 6.19. The Morgan fingerprint density at radius 1 is 1.30 bits per heavy atom. The van der Waals surface area contributed by atoms with Crippen LogP contribution in [0.2, 0.25) is 0 Å². The van der Waals surface area contributed by atoms with Crippen molar-refractivity contribution >= 4 is 40.0 Å². The van der Waals surface area contributed by atoms with Crippen LogP contribution in [-0.2, 0) is 15.4 Å². The van der Waals surface area contributed by atoms with Crippen LogP contribution in [0.5, 0.6) is 0 Å². The molecule has 0 amide bonds. The first-order valence-electron chi connectivity index (χ1n) is 8.97. The fourth-order valence-corrected chi connectivity index (χ4v) is 4.01. The molecule has 0 spiro atoms. The lowest BCUT2D eigenvalue weighted by Crippen LogP contribution is -2.42. The van der Waals surface area contributed by atoms with Gasteiger partial charge in [-0.15, -0.1) is 24.0 Å². The average Bonchev–Trinajstić information content (AvgIpc) is 3.37. The molecule has 0 atom stereocenters. The largest absolute Gasteiger partial charge is 0.356 e. The summed E-state index contributed by atoms with van der Waals surface area (Å²) in [5.41, 5.74) is 0.604. The predicted octanol–water partition coefficient (Wildman–Crippen LogP) is 2.31. The summed E-state index contributed by atoms with van der Waals surface area (Å²) in [6, 6.07) is 6.93. The third kappa shape index (κ3) is 6.86. The van der Waals surface area contributed by atoms with Crippen LogP contribution in [0.25, 0.3) is 0 Å². The number of rotatable bonds is 9. The molecule has 1 aromatic rings. The molecule has 2 N–H and O–H groups in total. The highest BCUT2D eigenvalue weighted by molar-refractivity contribution is 14.0. The second-order valence-corrected chi connectivity index (χ2v) is 8.70. The number of halogens is 2. The molecule has 0 radical (unpaired) electrons. The van der Waals surface area contributed by atoms with Crippen molar-refractivity contribution in [3.8, 4) is 0 Å². The summed E-state index contributed by atoms with van der Waals surface area (Å²) in [5, 5.41) is 6.46. The van der Waals surface area contributed by atoms with E-state index < -0.39 is 10.0 Å². The standard InChI is InChI=1S/C18H29FN4O2S.HI/c1-4-23(26(3,24)25)13-7-12-21-17(20-2)22-14-18(10-11-18)15-8-5-6-9-16(15)19;/h5-6,8-9H,4,7,10-14H2,1-3H3,(H2,20,21,22);1H. The zero-order chi connectivity index (χ0) is 19.2. The monoisotopic (exact) mass is 512 g/mol. The number of hydrogen-bond acceptors (Lipinski definition) is 3. The SMILES string of the molecule is CCN(CCCNC(=NC)NCC1(c2ccccc2F)CC1)S(C)(=O)=O.I. The number of benzene rings is 1. The van der Waals surface area contributed by atoms with Crippen LogP contribution in [0.15, 0.2) is 29.3 Å². The lowest BCUT2D eigenvalue weighted by atomic mass is 9.95. The van der Waals surface area contributed by atoms with Crippen molar-refractivity contribution in [2.45, 2.75) is 31.6 Å². The summed E-state index contributed by atoms with van der Waals surface area (Å²) in [7, 11) is -1.47. The van der Waals surface area contributed by atoms with Crippen molar-refractivity contribution in [2.24, 2.45) is 4.99 Å². The van der Waals surface area contributed by atoms with Gasteiger partial charge in [0.05, 0.1) is 6.26 Å². The molecule has 0 bridgehead atoms. The number of nitrogens with zero attached hydrogens (tertiary/aromatic N) is 2. The van der Waals surface area contributed by atoms with Crippen molar-refractivity contribution in [1.82, 2.24) is 14.9 Å². The Balaban J connectivity index is 0.00000364. The summed E-state index contributed by atoms with van der Waals surface area (Å²) in [6.45, 7) is 4.00. The molecule has 1 aromatic carbocycles. The van der Waals surface area contributed by atoms with Crippen LogP contribution in [0.4, 0.5) is 4.39 Å². The van der Waals surface area contributed by atoms with Gasteiger partial charge in [0.15, 0.2) is 5.96 Å². The van der Waals surface area contributed by atoms with Crippen molar-refractivity contribution in [2.75, 3.05) is 39.5 Å². The van der Waals surface area contributed by atoms with Gasteiger partial charge in [-0.3, -0.25) is 4.99 Å². The van der Waals surface area contributed by atoms with E-state index in [9.17, 15) is 12.8 Å². The van der Waals surface area contributed by atoms with Crippen molar-refractivity contribution < 1.29 is 12.8 Å². The molecule has 1 saturated carbocycles. The highest BCUT2D eigenvalue weighted by Gasteiger charge is 2.45. The maximum atomic E-state index is 14.1. The van der Waals surface area contributed by atoms with E-state index in [2.05, 4.69) is 15.6 Å². The molecule has 1 fully saturated rings. The van der Waals surface area contributed by atoms with E-state index in [0.29, 0.717) is 38.6 Å². The maximum Gasteiger partial charge on any atom is 0.211 e. The van der Waals surface area contributed by atoms with Gasteiger partial charge in [-0.25, -0.2) is 17.1 Å². The van der Waals surface area contributed by atoms with Gasteiger partial charge in [-0.2, -0.15) is 0 Å². The molecule has 27 heavy (non-hydrogen) atoms. The number of hydrogen-bond donors (Lipinski definition) is 2. The van der Waals surface area contributed by atoms with Gasteiger partial charge in [-0.1, -0.05) is 25.1 Å². The molecule has 0 unspecified atom stereocenters. The quantitative estimate of drug-likeness (QED) is 0.231. The molecule has 2 rings (SSSR count). The molecule has 0 aliphatic heterocycles. The maximum absolute atomic E-state index is 14.1. The van der Waals surface area contributed by atoms with E-state index in [4.69, 9.17) is 0 Å². The minimum Gasteiger partial charge on any atom is -0.356 e. The molecular weight excluding hydrogens is 482 g/mol. The number of sulfonamides is 1. The Labute approximate surface area is 179 Å². The molecule has 0 aromatic heterocycles. The van der Waals surface area contributed by atoms with E-state index in [1.165, 1.54) is 16.6 Å². The normalized spacial score (nSPS) is 16.0.